The molecule has 3 aromatic heterocycles. The van der Waals surface area contributed by atoms with Crippen molar-refractivity contribution < 1.29 is 0 Å². The summed E-state index contributed by atoms with van der Waals surface area (Å²) in [4.78, 5) is 12.6. The number of hydrogen-bond acceptors (Lipinski definition) is 4. The molecule has 1 saturated heterocycles. The third kappa shape index (κ3) is 2.70. The first-order valence-electron chi connectivity index (χ1n) is 9.18. The molecule has 5 nitrogen and oxygen atoms in total. The summed E-state index contributed by atoms with van der Waals surface area (Å²) < 4.78 is 0. The first-order valence-corrected chi connectivity index (χ1v) is 9.18. The lowest BCUT2D eigenvalue weighted by Gasteiger charge is -2.24. The molecule has 4 heterocycles. The molecule has 26 heavy (non-hydrogen) atoms. The third-order valence-corrected chi connectivity index (χ3v) is 5.16. The van der Waals surface area contributed by atoms with Crippen molar-refractivity contribution in [2.45, 2.75) is 18.9 Å². The third-order valence-electron chi connectivity index (χ3n) is 5.16. The maximum Gasteiger partial charge on any atom is 0.140 e. The summed E-state index contributed by atoms with van der Waals surface area (Å²) in [5.74, 6) is 0.933. The molecule has 1 aliphatic heterocycles. The van der Waals surface area contributed by atoms with E-state index in [0.29, 0.717) is 6.04 Å². The Balaban J connectivity index is 1.65. The fourth-order valence-corrected chi connectivity index (χ4v) is 3.84. The Kier molecular flexibility index (Phi) is 3.79. The molecule has 0 radical (unpaired) electrons. The zero-order chi connectivity index (χ0) is 17.3. The van der Waals surface area contributed by atoms with Crippen LogP contribution in [-0.2, 0) is 0 Å². The Morgan fingerprint density at radius 1 is 0.962 bits per heavy atom. The van der Waals surface area contributed by atoms with Gasteiger partial charge in [0.15, 0.2) is 0 Å². The minimum absolute atomic E-state index is 0.471. The van der Waals surface area contributed by atoms with Crippen LogP contribution in [0.2, 0.25) is 0 Å². The molecule has 0 bridgehead atoms. The lowest BCUT2D eigenvalue weighted by Crippen LogP contribution is -2.35. The molecule has 0 saturated carbocycles. The lowest BCUT2D eigenvalue weighted by atomic mass is 9.99. The first kappa shape index (κ1) is 15.3. The second kappa shape index (κ2) is 6.42. The van der Waals surface area contributed by atoms with Crippen molar-refractivity contribution in [3.63, 3.8) is 0 Å². The molecule has 0 atom stereocenters. The summed E-state index contributed by atoms with van der Waals surface area (Å²) >= 11 is 0. The van der Waals surface area contributed by atoms with Crippen molar-refractivity contribution in [2.75, 3.05) is 18.4 Å². The molecule has 5 heteroatoms. The number of para-hydroxylation sites is 1. The molecule has 0 aliphatic carbocycles. The number of fused-ring (bicyclic) bond motifs is 2. The maximum atomic E-state index is 4.79. The number of piperidine rings is 1. The van der Waals surface area contributed by atoms with Gasteiger partial charge in [-0.25, -0.2) is 4.98 Å². The smallest absolute Gasteiger partial charge is 0.140 e. The predicted octanol–water partition coefficient (Wildman–Crippen LogP) is 3.94. The molecule has 5 rings (SSSR count). The number of H-pyrrole nitrogens is 1. The summed E-state index contributed by atoms with van der Waals surface area (Å²) in [6.45, 7) is 2.12. The number of pyridine rings is 2. The second-order valence-electron chi connectivity index (χ2n) is 6.84. The van der Waals surface area contributed by atoms with Crippen LogP contribution in [0.15, 0.2) is 54.9 Å². The number of aromatic amines is 1. The van der Waals surface area contributed by atoms with Crippen molar-refractivity contribution in [3.8, 4) is 11.1 Å². The van der Waals surface area contributed by atoms with E-state index in [0.717, 1.165) is 53.7 Å². The number of benzene rings is 1. The van der Waals surface area contributed by atoms with E-state index in [2.05, 4.69) is 57.0 Å². The van der Waals surface area contributed by atoms with Crippen LogP contribution >= 0.6 is 0 Å². The lowest BCUT2D eigenvalue weighted by molar-refractivity contribution is 0.478. The van der Waals surface area contributed by atoms with Gasteiger partial charge >= 0.3 is 0 Å². The fourth-order valence-electron chi connectivity index (χ4n) is 3.84. The predicted molar refractivity (Wildman–Crippen MR) is 106 cm³/mol. The number of anilines is 1. The Bertz CT molecular complexity index is 1060. The molecule has 1 aromatic carbocycles. The number of aromatic nitrogens is 3. The molecule has 4 aromatic rings. The van der Waals surface area contributed by atoms with E-state index in [1.54, 1.807) is 0 Å². The van der Waals surface area contributed by atoms with Crippen molar-refractivity contribution in [1.82, 2.24) is 20.3 Å². The first-order chi connectivity index (χ1) is 12.9. The Morgan fingerprint density at radius 3 is 2.77 bits per heavy atom. The average molecular weight is 343 g/mol. The van der Waals surface area contributed by atoms with Crippen molar-refractivity contribution in [2.24, 2.45) is 0 Å². The zero-order valence-electron chi connectivity index (χ0n) is 14.5. The largest absolute Gasteiger partial charge is 0.367 e. The summed E-state index contributed by atoms with van der Waals surface area (Å²) in [6, 6.07) is 15.1. The summed E-state index contributed by atoms with van der Waals surface area (Å²) in [5, 5.41) is 9.34. The molecule has 3 N–H and O–H groups in total. The van der Waals surface area contributed by atoms with Crippen molar-refractivity contribution in [1.29, 1.82) is 0 Å². The highest BCUT2D eigenvalue weighted by molar-refractivity contribution is 6.03. The number of hydrogen-bond donors (Lipinski definition) is 3. The monoisotopic (exact) mass is 343 g/mol. The van der Waals surface area contributed by atoms with Gasteiger partial charge in [0, 0.05) is 29.2 Å². The Hall–Kier alpha value is -2.92. The minimum Gasteiger partial charge on any atom is -0.367 e. The number of rotatable bonds is 3. The van der Waals surface area contributed by atoms with Crippen LogP contribution < -0.4 is 10.6 Å². The van der Waals surface area contributed by atoms with Gasteiger partial charge in [-0.15, -0.1) is 0 Å². The SMILES string of the molecule is c1ccc2c(-c3cc(NC4CCNCC4)nc4[nH]ccc34)ccnc2c1. The van der Waals surface area contributed by atoms with Gasteiger partial charge in [0.05, 0.1) is 5.52 Å². The van der Waals surface area contributed by atoms with E-state index in [1.165, 1.54) is 11.1 Å². The van der Waals surface area contributed by atoms with Gasteiger partial charge in [0.1, 0.15) is 11.5 Å². The van der Waals surface area contributed by atoms with Crippen LogP contribution in [0, 0.1) is 0 Å². The van der Waals surface area contributed by atoms with Crippen LogP contribution in [0.1, 0.15) is 12.8 Å². The standard InChI is InChI=1S/C21H21N5/c1-2-4-19-16(3-1)15(7-11-23-19)18-13-20(25-14-5-9-22-10-6-14)26-21-17(18)8-12-24-21/h1-4,7-8,11-14,22H,5-6,9-10H2,(H2,24,25,26). The molecule has 1 fully saturated rings. The quantitative estimate of drug-likeness (QED) is 0.527. The molecule has 0 amide bonds. The average Bonchev–Trinajstić information content (AvgIpc) is 3.16. The molecule has 1 aliphatic rings. The van der Waals surface area contributed by atoms with Gasteiger partial charge in [0.25, 0.3) is 0 Å². The van der Waals surface area contributed by atoms with E-state index in [-0.39, 0.29) is 0 Å². The fraction of sp³-hybridized carbons (Fsp3) is 0.238. The molecule has 0 spiro atoms. The van der Waals surface area contributed by atoms with Gasteiger partial charge in [-0.3, -0.25) is 4.98 Å². The van der Waals surface area contributed by atoms with E-state index in [9.17, 15) is 0 Å². The zero-order valence-corrected chi connectivity index (χ0v) is 14.5. The van der Waals surface area contributed by atoms with E-state index in [4.69, 9.17) is 4.98 Å². The van der Waals surface area contributed by atoms with Crippen LogP contribution in [0.5, 0.6) is 0 Å². The highest BCUT2D eigenvalue weighted by Crippen LogP contribution is 2.34. The summed E-state index contributed by atoms with van der Waals surface area (Å²) in [7, 11) is 0. The summed E-state index contributed by atoms with van der Waals surface area (Å²) in [5.41, 5.74) is 4.31. The Labute approximate surface area is 151 Å². The van der Waals surface area contributed by atoms with Crippen LogP contribution in [-0.4, -0.2) is 34.1 Å². The van der Waals surface area contributed by atoms with Crippen LogP contribution in [0.3, 0.4) is 0 Å². The maximum absolute atomic E-state index is 4.79. The van der Waals surface area contributed by atoms with Gasteiger partial charge in [-0.2, -0.15) is 0 Å². The van der Waals surface area contributed by atoms with Gasteiger partial charge in [-0.05, 0) is 61.3 Å². The highest BCUT2D eigenvalue weighted by atomic mass is 15.1. The summed E-state index contributed by atoms with van der Waals surface area (Å²) in [6.07, 6.45) is 6.09. The molecular formula is C21H21N5. The molecular weight excluding hydrogens is 322 g/mol. The topological polar surface area (TPSA) is 65.6 Å². The molecule has 0 unspecified atom stereocenters. The molecule has 130 valence electrons. The van der Waals surface area contributed by atoms with Crippen LogP contribution in [0.25, 0.3) is 33.1 Å². The van der Waals surface area contributed by atoms with E-state index >= 15 is 0 Å². The van der Waals surface area contributed by atoms with Gasteiger partial charge in [-0.1, -0.05) is 18.2 Å². The number of nitrogens with one attached hydrogen (secondary N) is 3. The number of nitrogens with zero attached hydrogens (tertiary/aromatic N) is 2. The highest BCUT2D eigenvalue weighted by Gasteiger charge is 2.16. The van der Waals surface area contributed by atoms with Crippen molar-refractivity contribution in [3.05, 3.63) is 54.9 Å². The van der Waals surface area contributed by atoms with E-state index in [1.807, 2.05) is 18.5 Å². The Morgan fingerprint density at radius 2 is 1.85 bits per heavy atom. The second-order valence-corrected chi connectivity index (χ2v) is 6.84. The van der Waals surface area contributed by atoms with E-state index < -0.39 is 0 Å². The van der Waals surface area contributed by atoms with Crippen molar-refractivity contribution >= 4 is 27.8 Å². The van der Waals surface area contributed by atoms with Gasteiger partial charge < -0.3 is 15.6 Å². The van der Waals surface area contributed by atoms with Crippen LogP contribution in [0.4, 0.5) is 5.82 Å². The normalized spacial score (nSPS) is 15.5. The van der Waals surface area contributed by atoms with Gasteiger partial charge in [0.2, 0.25) is 0 Å². The minimum atomic E-state index is 0.471.